The number of likely N-dealkylation sites (tertiary alicyclic amines) is 1. The summed E-state index contributed by atoms with van der Waals surface area (Å²) >= 11 is 0. The minimum absolute atomic E-state index is 0.364. The average molecular weight is 212 g/mol. The van der Waals surface area contributed by atoms with Gasteiger partial charge in [-0.15, -0.1) is 0 Å². The highest BCUT2D eigenvalue weighted by Crippen LogP contribution is 2.26. The molecule has 2 fully saturated rings. The molecular formula is C12H24N2O. The Balaban J connectivity index is 1.82. The van der Waals surface area contributed by atoms with E-state index in [0.717, 1.165) is 12.6 Å². The number of rotatable bonds is 2. The Labute approximate surface area is 92.6 Å². The van der Waals surface area contributed by atoms with Crippen LogP contribution in [0.3, 0.4) is 0 Å². The topological polar surface area (TPSA) is 49.5 Å². The number of nitrogens with zero attached hydrogens (tertiary/aromatic N) is 1. The molecule has 0 radical (unpaired) electrons. The van der Waals surface area contributed by atoms with Gasteiger partial charge in [0.25, 0.3) is 0 Å². The number of piperidine rings is 1. The Kier molecular flexibility index (Phi) is 4.00. The second-order valence-electron chi connectivity index (χ2n) is 5.25. The first-order chi connectivity index (χ1) is 7.29. The van der Waals surface area contributed by atoms with Gasteiger partial charge in [-0.1, -0.05) is 0 Å². The van der Waals surface area contributed by atoms with Crippen molar-refractivity contribution in [3.8, 4) is 0 Å². The van der Waals surface area contributed by atoms with Crippen LogP contribution in [0.4, 0.5) is 0 Å². The van der Waals surface area contributed by atoms with Gasteiger partial charge in [0.05, 0.1) is 0 Å². The SMILES string of the molecule is NC1CCC(N2CCCC(CO)C2)CC1. The summed E-state index contributed by atoms with van der Waals surface area (Å²) in [5.74, 6) is 0.523. The molecule has 1 heterocycles. The van der Waals surface area contributed by atoms with Crippen LogP contribution in [-0.4, -0.2) is 41.8 Å². The summed E-state index contributed by atoms with van der Waals surface area (Å²) in [5, 5.41) is 9.20. The minimum atomic E-state index is 0.364. The molecule has 0 aromatic carbocycles. The second kappa shape index (κ2) is 5.28. The largest absolute Gasteiger partial charge is 0.396 e. The number of aliphatic hydroxyl groups excluding tert-OH is 1. The molecular weight excluding hydrogens is 188 g/mol. The van der Waals surface area contributed by atoms with E-state index in [-0.39, 0.29) is 0 Å². The molecule has 1 aliphatic carbocycles. The maximum Gasteiger partial charge on any atom is 0.0471 e. The lowest BCUT2D eigenvalue weighted by Crippen LogP contribution is -2.46. The van der Waals surface area contributed by atoms with E-state index >= 15 is 0 Å². The molecule has 1 unspecified atom stereocenters. The van der Waals surface area contributed by atoms with Crippen molar-refractivity contribution in [2.24, 2.45) is 11.7 Å². The number of hydrogen-bond acceptors (Lipinski definition) is 3. The highest BCUT2D eigenvalue weighted by atomic mass is 16.3. The zero-order valence-electron chi connectivity index (χ0n) is 9.57. The maximum absolute atomic E-state index is 9.20. The van der Waals surface area contributed by atoms with Crippen molar-refractivity contribution < 1.29 is 5.11 Å². The molecule has 1 saturated heterocycles. The van der Waals surface area contributed by atoms with Crippen LogP contribution in [0.1, 0.15) is 38.5 Å². The third kappa shape index (κ3) is 2.92. The Hall–Kier alpha value is -0.120. The number of nitrogens with two attached hydrogens (primary N) is 1. The molecule has 0 aromatic rings. The summed E-state index contributed by atoms with van der Waals surface area (Å²) in [6.45, 7) is 2.70. The zero-order valence-corrected chi connectivity index (χ0v) is 9.57. The molecule has 0 amide bonds. The Morgan fingerprint density at radius 3 is 2.53 bits per heavy atom. The van der Waals surface area contributed by atoms with E-state index in [1.54, 1.807) is 0 Å². The fourth-order valence-electron chi connectivity index (χ4n) is 3.04. The highest BCUT2D eigenvalue weighted by molar-refractivity contribution is 4.84. The minimum Gasteiger partial charge on any atom is -0.396 e. The summed E-state index contributed by atoms with van der Waals surface area (Å²) in [5.41, 5.74) is 5.92. The molecule has 3 nitrogen and oxygen atoms in total. The van der Waals surface area contributed by atoms with Gasteiger partial charge in [-0.05, 0) is 51.0 Å². The van der Waals surface area contributed by atoms with Gasteiger partial charge in [0.2, 0.25) is 0 Å². The first kappa shape index (κ1) is 11.4. The summed E-state index contributed by atoms with van der Waals surface area (Å²) in [7, 11) is 0. The van der Waals surface area contributed by atoms with Crippen LogP contribution >= 0.6 is 0 Å². The van der Waals surface area contributed by atoms with E-state index in [2.05, 4.69) is 4.90 Å². The van der Waals surface area contributed by atoms with E-state index in [1.165, 1.54) is 45.1 Å². The third-order valence-corrected chi connectivity index (χ3v) is 4.07. The van der Waals surface area contributed by atoms with Gasteiger partial charge in [0.1, 0.15) is 0 Å². The molecule has 0 aromatic heterocycles. The van der Waals surface area contributed by atoms with Crippen LogP contribution in [0.15, 0.2) is 0 Å². The summed E-state index contributed by atoms with van der Waals surface area (Å²) in [6, 6.07) is 1.19. The van der Waals surface area contributed by atoms with E-state index in [1.807, 2.05) is 0 Å². The summed E-state index contributed by atoms with van der Waals surface area (Å²) in [6.07, 6.45) is 7.36. The summed E-state index contributed by atoms with van der Waals surface area (Å²) in [4.78, 5) is 2.59. The molecule has 1 saturated carbocycles. The molecule has 0 spiro atoms. The smallest absolute Gasteiger partial charge is 0.0471 e. The third-order valence-electron chi connectivity index (χ3n) is 4.07. The molecule has 1 atom stereocenters. The lowest BCUT2D eigenvalue weighted by atomic mass is 9.88. The van der Waals surface area contributed by atoms with Gasteiger partial charge in [0.15, 0.2) is 0 Å². The molecule has 2 rings (SSSR count). The normalized spacial score (nSPS) is 39.2. The molecule has 1 aliphatic heterocycles. The fourth-order valence-corrected chi connectivity index (χ4v) is 3.04. The second-order valence-corrected chi connectivity index (χ2v) is 5.25. The van der Waals surface area contributed by atoms with Crippen LogP contribution in [0.5, 0.6) is 0 Å². The maximum atomic E-state index is 9.20. The van der Waals surface area contributed by atoms with E-state index in [4.69, 9.17) is 5.73 Å². The van der Waals surface area contributed by atoms with Crippen molar-refractivity contribution in [3.05, 3.63) is 0 Å². The Bertz CT molecular complexity index is 190. The molecule has 88 valence electrons. The van der Waals surface area contributed by atoms with Gasteiger partial charge < -0.3 is 15.7 Å². The summed E-state index contributed by atoms with van der Waals surface area (Å²) < 4.78 is 0. The number of hydrogen-bond donors (Lipinski definition) is 2. The van der Waals surface area contributed by atoms with Crippen LogP contribution < -0.4 is 5.73 Å². The van der Waals surface area contributed by atoms with Crippen molar-refractivity contribution >= 4 is 0 Å². The van der Waals surface area contributed by atoms with Crippen LogP contribution in [0.2, 0.25) is 0 Å². The van der Waals surface area contributed by atoms with Crippen molar-refractivity contribution in [3.63, 3.8) is 0 Å². The molecule has 3 heteroatoms. The fraction of sp³-hybridized carbons (Fsp3) is 1.00. The van der Waals surface area contributed by atoms with Gasteiger partial charge in [0, 0.05) is 25.2 Å². The Morgan fingerprint density at radius 1 is 1.13 bits per heavy atom. The highest BCUT2D eigenvalue weighted by Gasteiger charge is 2.28. The lowest BCUT2D eigenvalue weighted by molar-refractivity contribution is 0.0699. The van der Waals surface area contributed by atoms with E-state index < -0.39 is 0 Å². The van der Waals surface area contributed by atoms with Crippen molar-refractivity contribution in [1.82, 2.24) is 4.90 Å². The van der Waals surface area contributed by atoms with Crippen LogP contribution in [0.25, 0.3) is 0 Å². The van der Waals surface area contributed by atoms with Crippen LogP contribution in [0, 0.1) is 5.92 Å². The predicted molar refractivity (Wildman–Crippen MR) is 61.6 cm³/mol. The lowest BCUT2D eigenvalue weighted by Gasteiger charge is -2.40. The van der Waals surface area contributed by atoms with Crippen molar-refractivity contribution in [1.29, 1.82) is 0 Å². The standard InChI is InChI=1S/C12H24N2O/c13-11-3-5-12(6-4-11)14-7-1-2-10(8-14)9-15/h10-12,15H,1-9,13H2. The van der Waals surface area contributed by atoms with Gasteiger partial charge in [-0.3, -0.25) is 0 Å². The van der Waals surface area contributed by atoms with E-state index in [0.29, 0.717) is 18.6 Å². The van der Waals surface area contributed by atoms with Gasteiger partial charge in [-0.2, -0.15) is 0 Å². The quantitative estimate of drug-likeness (QED) is 0.717. The predicted octanol–water partition coefficient (Wildman–Crippen LogP) is 0.961. The van der Waals surface area contributed by atoms with E-state index in [9.17, 15) is 5.11 Å². The van der Waals surface area contributed by atoms with Crippen molar-refractivity contribution in [2.45, 2.75) is 50.6 Å². The monoisotopic (exact) mass is 212 g/mol. The first-order valence-electron chi connectivity index (χ1n) is 6.40. The zero-order chi connectivity index (χ0) is 10.7. The van der Waals surface area contributed by atoms with Crippen LogP contribution in [-0.2, 0) is 0 Å². The molecule has 0 bridgehead atoms. The first-order valence-corrected chi connectivity index (χ1v) is 6.40. The molecule has 2 aliphatic rings. The van der Waals surface area contributed by atoms with Gasteiger partial charge >= 0.3 is 0 Å². The van der Waals surface area contributed by atoms with Crippen molar-refractivity contribution in [2.75, 3.05) is 19.7 Å². The number of aliphatic hydroxyl groups is 1. The van der Waals surface area contributed by atoms with Gasteiger partial charge in [-0.25, -0.2) is 0 Å². The molecule has 3 N–H and O–H groups in total. The Morgan fingerprint density at radius 2 is 1.87 bits per heavy atom. The molecule has 15 heavy (non-hydrogen) atoms. The average Bonchev–Trinajstić information content (AvgIpc) is 2.30.